The fraction of sp³-hybridized carbons (Fsp3) is 0.917. The Morgan fingerprint density at radius 3 is 2.57 bits per heavy atom. The van der Waals surface area contributed by atoms with Gasteiger partial charge in [0, 0.05) is 6.54 Å². The van der Waals surface area contributed by atoms with Crippen LogP contribution in [0.15, 0.2) is 0 Å². The average Bonchev–Trinajstić information content (AvgIpc) is 2.37. The van der Waals surface area contributed by atoms with Crippen LogP contribution in [0.4, 0.5) is 0 Å². The van der Waals surface area contributed by atoms with Crippen LogP contribution in [0.25, 0.3) is 0 Å². The molecule has 2 heteroatoms. The van der Waals surface area contributed by atoms with Gasteiger partial charge in [0.15, 0.2) is 0 Å². The maximum atomic E-state index is 11.6. The molecule has 2 nitrogen and oxygen atoms in total. The van der Waals surface area contributed by atoms with Gasteiger partial charge in [-0.1, -0.05) is 13.8 Å². The van der Waals surface area contributed by atoms with Gasteiger partial charge in [0.05, 0.1) is 6.04 Å². The van der Waals surface area contributed by atoms with Gasteiger partial charge in [-0.15, -0.1) is 0 Å². The van der Waals surface area contributed by atoms with E-state index in [0.717, 1.165) is 12.5 Å². The van der Waals surface area contributed by atoms with Crippen molar-refractivity contribution in [1.82, 2.24) is 4.90 Å². The van der Waals surface area contributed by atoms with Crippen molar-refractivity contribution in [2.24, 2.45) is 17.3 Å². The summed E-state index contributed by atoms with van der Waals surface area (Å²) in [6.45, 7) is 7.54. The highest BCUT2D eigenvalue weighted by atomic mass is 16.1. The maximum Gasteiger partial charge on any atom is 0.147 e. The van der Waals surface area contributed by atoms with Gasteiger partial charge in [0.25, 0.3) is 0 Å². The lowest BCUT2D eigenvalue weighted by molar-refractivity contribution is -0.122. The highest BCUT2D eigenvalue weighted by Crippen LogP contribution is 2.50. The molecule has 1 saturated carbocycles. The number of rotatable bonds is 1. The number of likely N-dealkylation sites (tertiary alicyclic amines) is 1. The number of hydrogen-bond acceptors (Lipinski definition) is 2. The molecule has 1 heterocycles. The molecule has 3 atom stereocenters. The molecule has 0 unspecified atom stereocenters. The molecule has 0 aromatic carbocycles. The summed E-state index contributed by atoms with van der Waals surface area (Å²) in [7, 11) is 2.09. The van der Waals surface area contributed by atoms with E-state index in [4.69, 9.17) is 0 Å². The van der Waals surface area contributed by atoms with Gasteiger partial charge >= 0.3 is 0 Å². The van der Waals surface area contributed by atoms with Crippen molar-refractivity contribution in [3.05, 3.63) is 0 Å². The lowest BCUT2D eigenvalue weighted by Crippen LogP contribution is -2.36. The molecule has 2 fully saturated rings. The van der Waals surface area contributed by atoms with E-state index in [9.17, 15) is 4.79 Å². The molecule has 0 radical (unpaired) electrons. The van der Waals surface area contributed by atoms with E-state index >= 15 is 0 Å². The molecule has 2 aliphatic rings. The first-order valence-electron chi connectivity index (χ1n) is 5.61. The van der Waals surface area contributed by atoms with Gasteiger partial charge in [0.2, 0.25) is 0 Å². The van der Waals surface area contributed by atoms with Crippen molar-refractivity contribution in [3.63, 3.8) is 0 Å². The van der Waals surface area contributed by atoms with E-state index < -0.39 is 0 Å². The molecule has 14 heavy (non-hydrogen) atoms. The zero-order valence-electron chi connectivity index (χ0n) is 9.71. The van der Waals surface area contributed by atoms with Crippen molar-refractivity contribution in [2.45, 2.75) is 39.7 Å². The summed E-state index contributed by atoms with van der Waals surface area (Å²) in [5, 5.41) is 0. The molecule has 0 aromatic heterocycles. The number of ketones is 1. The minimum atomic E-state index is 0.210. The van der Waals surface area contributed by atoms with E-state index in [1.54, 1.807) is 6.92 Å². The Hall–Kier alpha value is -0.370. The first-order valence-corrected chi connectivity index (χ1v) is 5.61. The molecule has 0 bridgehead atoms. The Morgan fingerprint density at radius 1 is 1.36 bits per heavy atom. The summed E-state index contributed by atoms with van der Waals surface area (Å²) in [5.74, 6) is 1.76. The van der Waals surface area contributed by atoms with Gasteiger partial charge in [-0.3, -0.25) is 9.69 Å². The second-order valence-corrected chi connectivity index (χ2v) is 5.99. The molecule has 2 rings (SSSR count). The van der Waals surface area contributed by atoms with Crippen LogP contribution in [-0.2, 0) is 4.79 Å². The molecule has 1 aliphatic heterocycles. The average molecular weight is 195 g/mol. The van der Waals surface area contributed by atoms with Gasteiger partial charge in [-0.2, -0.15) is 0 Å². The number of Topliss-reactive ketones (excluding diaryl/α,β-unsaturated/α-hetero) is 1. The number of nitrogens with zero attached hydrogens (tertiary/aromatic N) is 1. The van der Waals surface area contributed by atoms with Gasteiger partial charge in [-0.05, 0) is 44.1 Å². The Kier molecular flexibility index (Phi) is 2.22. The number of fused-ring (bicyclic) bond motifs is 1. The molecule has 0 aromatic rings. The van der Waals surface area contributed by atoms with Gasteiger partial charge < -0.3 is 0 Å². The Morgan fingerprint density at radius 2 is 2.00 bits per heavy atom. The molecular formula is C12H21NO. The monoisotopic (exact) mass is 195 g/mol. The summed E-state index contributed by atoms with van der Waals surface area (Å²) < 4.78 is 0. The summed E-state index contributed by atoms with van der Waals surface area (Å²) in [6.07, 6.45) is 2.53. The van der Waals surface area contributed by atoms with Crippen LogP contribution in [-0.4, -0.2) is 30.3 Å². The molecule has 1 saturated heterocycles. The van der Waals surface area contributed by atoms with Crippen LogP contribution in [0.1, 0.15) is 33.6 Å². The first-order chi connectivity index (χ1) is 6.41. The predicted molar refractivity (Wildman–Crippen MR) is 57.1 cm³/mol. The van der Waals surface area contributed by atoms with E-state index in [1.165, 1.54) is 12.8 Å². The zero-order chi connectivity index (χ0) is 10.5. The topological polar surface area (TPSA) is 20.3 Å². The van der Waals surface area contributed by atoms with Crippen molar-refractivity contribution in [3.8, 4) is 0 Å². The lowest BCUT2D eigenvalue weighted by atomic mass is 9.87. The largest absolute Gasteiger partial charge is 0.298 e. The lowest BCUT2D eigenvalue weighted by Gasteiger charge is -2.25. The highest BCUT2D eigenvalue weighted by molar-refractivity contribution is 5.82. The number of likely N-dealkylation sites (N-methyl/N-ethyl adjacent to an activating group) is 1. The Balaban J connectivity index is 2.18. The Labute approximate surface area is 86.7 Å². The van der Waals surface area contributed by atoms with Crippen molar-refractivity contribution in [1.29, 1.82) is 0 Å². The van der Waals surface area contributed by atoms with Crippen LogP contribution >= 0.6 is 0 Å². The van der Waals surface area contributed by atoms with E-state index in [0.29, 0.717) is 17.1 Å². The van der Waals surface area contributed by atoms with Gasteiger partial charge in [-0.25, -0.2) is 0 Å². The molecule has 80 valence electrons. The third-order valence-corrected chi connectivity index (χ3v) is 4.03. The fourth-order valence-corrected chi connectivity index (χ4v) is 3.74. The minimum Gasteiger partial charge on any atom is -0.298 e. The Bertz CT molecular complexity index is 259. The SMILES string of the molecule is CC(=O)[C@@H]1[C@H]2CC(C)(C)C[C@H]2CN1C. The van der Waals surface area contributed by atoms with Crippen molar-refractivity contribution >= 4 is 5.78 Å². The quantitative estimate of drug-likeness (QED) is 0.637. The summed E-state index contributed by atoms with van der Waals surface area (Å²) in [5.41, 5.74) is 0.463. The maximum absolute atomic E-state index is 11.6. The first kappa shape index (κ1) is 10.2. The second kappa shape index (κ2) is 3.06. The zero-order valence-corrected chi connectivity index (χ0v) is 9.71. The van der Waals surface area contributed by atoms with E-state index in [2.05, 4.69) is 25.8 Å². The fourth-order valence-electron chi connectivity index (χ4n) is 3.74. The third kappa shape index (κ3) is 1.50. The third-order valence-electron chi connectivity index (χ3n) is 4.03. The van der Waals surface area contributed by atoms with E-state index in [1.807, 2.05) is 0 Å². The van der Waals surface area contributed by atoms with Crippen LogP contribution < -0.4 is 0 Å². The number of carbonyl (C=O) groups is 1. The van der Waals surface area contributed by atoms with Crippen LogP contribution in [0.2, 0.25) is 0 Å². The smallest absolute Gasteiger partial charge is 0.147 e. The predicted octanol–water partition coefficient (Wildman–Crippen LogP) is 1.94. The highest BCUT2D eigenvalue weighted by Gasteiger charge is 2.50. The van der Waals surface area contributed by atoms with Crippen LogP contribution in [0.5, 0.6) is 0 Å². The summed E-state index contributed by atoms with van der Waals surface area (Å²) >= 11 is 0. The number of carbonyl (C=O) groups excluding carboxylic acids is 1. The van der Waals surface area contributed by atoms with Crippen LogP contribution in [0.3, 0.4) is 0 Å². The van der Waals surface area contributed by atoms with Crippen LogP contribution in [0, 0.1) is 17.3 Å². The molecule has 0 N–H and O–H groups in total. The van der Waals surface area contributed by atoms with E-state index in [-0.39, 0.29) is 6.04 Å². The standard InChI is InChI=1S/C12H21NO/c1-8(14)11-10-6-12(2,3)5-9(10)7-13(11)4/h9-11H,5-7H2,1-4H3/t9-,10-,11+/m0/s1. The normalized spacial score (nSPS) is 41.3. The molecule has 0 spiro atoms. The molecule has 0 amide bonds. The minimum absolute atomic E-state index is 0.210. The number of hydrogen-bond donors (Lipinski definition) is 0. The van der Waals surface area contributed by atoms with Crippen molar-refractivity contribution in [2.75, 3.05) is 13.6 Å². The molecule has 1 aliphatic carbocycles. The van der Waals surface area contributed by atoms with Crippen molar-refractivity contribution < 1.29 is 4.79 Å². The summed E-state index contributed by atoms with van der Waals surface area (Å²) in [4.78, 5) is 13.8. The molecular weight excluding hydrogens is 174 g/mol. The second-order valence-electron chi connectivity index (χ2n) is 5.99. The summed E-state index contributed by atoms with van der Waals surface area (Å²) in [6, 6.07) is 0.210. The van der Waals surface area contributed by atoms with Gasteiger partial charge in [0.1, 0.15) is 5.78 Å².